The fraction of sp³-hybridized carbons (Fsp3) is 0.778. The molecule has 4 nitrogen and oxygen atoms in total. The first-order chi connectivity index (χ1) is 5.75. The Kier molecular flexibility index (Phi) is 3.91. The number of primary amides is 1. The lowest BCUT2D eigenvalue weighted by molar-refractivity contribution is -0.130. The first-order valence-electron chi connectivity index (χ1n) is 4.36. The Labute approximate surface area is 78.9 Å². The van der Waals surface area contributed by atoms with E-state index >= 15 is 0 Å². The predicted molar refractivity (Wildman–Crippen MR) is 50.9 cm³/mol. The summed E-state index contributed by atoms with van der Waals surface area (Å²) in [4.78, 5) is 22.1. The predicted octanol–water partition coefficient (Wildman–Crippen LogP) is 0.413. The third-order valence-electron chi connectivity index (χ3n) is 1.66. The van der Waals surface area contributed by atoms with Crippen molar-refractivity contribution in [2.45, 2.75) is 39.7 Å². The highest BCUT2D eigenvalue weighted by molar-refractivity contribution is 5.89. The second-order valence-electron chi connectivity index (χ2n) is 4.14. The van der Waals surface area contributed by atoms with Crippen molar-refractivity contribution in [2.75, 3.05) is 0 Å². The molecule has 0 aromatic carbocycles. The van der Waals surface area contributed by atoms with E-state index in [0.29, 0.717) is 6.42 Å². The first-order valence-corrected chi connectivity index (χ1v) is 4.36. The molecule has 0 aromatic heterocycles. The van der Waals surface area contributed by atoms with Gasteiger partial charge in [-0.15, -0.1) is 0 Å². The van der Waals surface area contributed by atoms with E-state index in [1.54, 1.807) is 13.8 Å². The van der Waals surface area contributed by atoms with Gasteiger partial charge in [0, 0.05) is 6.42 Å². The normalized spacial score (nSPS) is 11.5. The van der Waals surface area contributed by atoms with E-state index < -0.39 is 11.4 Å². The summed E-state index contributed by atoms with van der Waals surface area (Å²) >= 11 is 0. The van der Waals surface area contributed by atoms with Crippen LogP contribution in [-0.2, 0) is 9.59 Å². The maximum atomic E-state index is 11.3. The minimum absolute atomic E-state index is 0.140. The molecule has 0 saturated heterocycles. The lowest BCUT2D eigenvalue weighted by Crippen LogP contribution is -2.53. The van der Waals surface area contributed by atoms with Gasteiger partial charge < -0.3 is 11.1 Å². The summed E-state index contributed by atoms with van der Waals surface area (Å²) in [5, 5.41) is 2.57. The fourth-order valence-corrected chi connectivity index (χ4v) is 0.832. The molecule has 0 rings (SSSR count). The molecule has 0 bridgehead atoms. The fourth-order valence-electron chi connectivity index (χ4n) is 0.832. The molecule has 0 spiro atoms. The highest BCUT2D eigenvalue weighted by Gasteiger charge is 2.26. The van der Waals surface area contributed by atoms with E-state index in [2.05, 4.69) is 5.32 Å². The molecule has 0 atom stereocenters. The summed E-state index contributed by atoms with van der Waals surface area (Å²) in [5.74, 6) is -0.382. The van der Waals surface area contributed by atoms with E-state index in [0.717, 1.165) is 0 Å². The largest absolute Gasteiger partial charge is 0.368 e. The molecule has 0 aliphatic rings. The van der Waals surface area contributed by atoms with Crippen molar-refractivity contribution in [3.8, 4) is 0 Å². The molecule has 0 unspecified atom stereocenters. The van der Waals surface area contributed by atoms with Crippen LogP contribution in [-0.4, -0.2) is 17.4 Å². The molecule has 76 valence electrons. The van der Waals surface area contributed by atoms with Crippen LogP contribution in [0.15, 0.2) is 0 Å². The van der Waals surface area contributed by atoms with Crippen molar-refractivity contribution in [2.24, 2.45) is 11.7 Å². The van der Waals surface area contributed by atoms with Crippen molar-refractivity contribution in [1.29, 1.82) is 0 Å². The van der Waals surface area contributed by atoms with Gasteiger partial charge >= 0.3 is 0 Å². The number of nitrogens with two attached hydrogens (primary N) is 1. The summed E-state index contributed by atoms with van der Waals surface area (Å²) in [7, 11) is 0. The van der Waals surface area contributed by atoms with Crippen LogP contribution in [0.1, 0.15) is 34.1 Å². The third kappa shape index (κ3) is 4.50. The molecule has 2 amide bonds. The molecule has 0 saturated carbocycles. The second-order valence-corrected chi connectivity index (χ2v) is 4.14. The van der Waals surface area contributed by atoms with Crippen LogP contribution < -0.4 is 11.1 Å². The Bertz CT molecular complexity index is 210. The van der Waals surface area contributed by atoms with Gasteiger partial charge in [-0.05, 0) is 19.8 Å². The standard InChI is InChI=1S/C9H18N2O2/c1-6(2)5-7(12)11-9(3,4)8(10)13/h6H,5H2,1-4H3,(H2,10,13)(H,11,12). The lowest BCUT2D eigenvalue weighted by atomic mass is 10.0. The van der Waals surface area contributed by atoms with Crippen LogP contribution in [0.2, 0.25) is 0 Å². The highest BCUT2D eigenvalue weighted by Crippen LogP contribution is 2.04. The molecule has 13 heavy (non-hydrogen) atoms. The number of nitrogens with one attached hydrogen (secondary N) is 1. The Morgan fingerprint density at radius 1 is 1.38 bits per heavy atom. The number of carbonyl (C=O) groups excluding carboxylic acids is 2. The zero-order chi connectivity index (χ0) is 10.6. The highest BCUT2D eigenvalue weighted by atomic mass is 16.2. The number of amides is 2. The number of hydrogen-bond donors (Lipinski definition) is 2. The zero-order valence-corrected chi connectivity index (χ0v) is 8.68. The lowest BCUT2D eigenvalue weighted by Gasteiger charge is -2.22. The third-order valence-corrected chi connectivity index (χ3v) is 1.66. The summed E-state index contributed by atoms with van der Waals surface area (Å²) in [6.07, 6.45) is 0.413. The Hall–Kier alpha value is -1.06. The van der Waals surface area contributed by atoms with Crippen LogP contribution >= 0.6 is 0 Å². The maximum Gasteiger partial charge on any atom is 0.242 e. The molecule has 0 aliphatic heterocycles. The summed E-state index contributed by atoms with van der Waals surface area (Å²) in [5.41, 5.74) is 4.14. The minimum Gasteiger partial charge on any atom is -0.368 e. The Morgan fingerprint density at radius 3 is 2.15 bits per heavy atom. The van der Waals surface area contributed by atoms with Crippen LogP contribution in [0.3, 0.4) is 0 Å². The van der Waals surface area contributed by atoms with Gasteiger partial charge in [0.05, 0.1) is 0 Å². The average Bonchev–Trinajstić information content (AvgIpc) is 1.82. The molecular formula is C9H18N2O2. The van der Waals surface area contributed by atoms with Crippen molar-refractivity contribution >= 4 is 11.8 Å². The molecule has 0 aliphatic carbocycles. The van der Waals surface area contributed by atoms with E-state index in [4.69, 9.17) is 5.73 Å². The van der Waals surface area contributed by atoms with Crippen LogP contribution in [0.25, 0.3) is 0 Å². The molecule has 0 radical (unpaired) electrons. The smallest absolute Gasteiger partial charge is 0.242 e. The van der Waals surface area contributed by atoms with Crippen LogP contribution in [0, 0.1) is 5.92 Å². The molecule has 0 fully saturated rings. The van der Waals surface area contributed by atoms with Gasteiger partial charge in [-0.1, -0.05) is 13.8 Å². The average molecular weight is 186 g/mol. The van der Waals surface area contributed by atoms with Crippen molar-refractivity contribution in [3.05, 3.63) is 0 Å². The van der Waals surface area contributed by atoms with Gasteiger partial charge in [0.1, 0.15) is 5.54 Å². The van der Waals surface area contributed by atoms with Gasteiger partial charge in [0.15, 0.2) is 0 Å². The molecule has 0 heterocycles. The molecule has 3 N–H and O–H groups in total. The Balaban J connectivity index is 4.12. The minimum atomic E-state index is -0.952. The SMILES string of the molecule is CC(C)CC(=O)NC(C)(C)C(N)=O. The number of hydrogen-bond acceptors (Lipinski definition) is 2. The van der Waals surface area contributed by atoms with E-state index in [9.17, 15) is 9.59 Å². The van der Waals surface area contributed by atoms with Gasteiger partial charge in [0.2, 0.25) is 11.8 Å². The quantitative estimate of drug-likeness (QED) is 0.667. The maximum absolute atomic E-state index is 11.3. The van der Waals surface area contributed by atoms with Crippen molar-refractivity contribution < 1.29 is 9.59 Å². The molecular weight excluding hydrogens is 168 g/mol. The van der Waals surface area contributed by atoms with E-state index in [-0.39, 0.29) is 11.8 Å². The molecule has 4 heteroatoms. The van der Waals surface area contributed by atoms with Gasteiger partial charge in [0.25, 0.3) is 0 Å². The first kappa shape index (κ1) is 11.9. The number of carbonyl (C=O) groups is 2. The summed E-state index contributed by atoms with van der Waals surface area (Å²) in [6, 6.07) is 0. The van der Waals surface area contributed by atoms with Gasteiger partial charge in [-0.3, -0.25) is 9.59 Å². The van der Waals surface area contributed by atoms with Gasteiger partial charge in [-0.2, -0.15) is 0 Å². The van der Waals surface area contributed by atoms with Crippen molar-refractivity contribution in [3.63, 3.8) is 0 Å². The monoisotopic (exact) mass is 186 g/mol. The Morgan fingerprint density at radius 2 is 1.85 bits per heavy atom. The van der Waals surface area contributed by atoms with Gasteiger partial charge in [-0.25, -0.2) is 0 Å². The van der Waals surface area contributed by atoms with Crippen LogP contribution in [0.4, 0.5) is 0 Å². The zero-order valence-electron chi connectivity index (χ0n) is 8.68. The second kappa shape index (κ2) is 4.25. The topological polar surface area (TPSA) is 72.2 Å². The number of rotatable bonds is 4. The van der Waals surface area contributed by atoms with E-state index in [1.807, 2.05) is 13.8 Å². The van der Waals surface area contributed by atoms with Crippen molar-refractivity contribution in [1.82, 2.24) is 5.32 Å². The molecule has 0 aromatic rings. The summed E-state index contributed by atoms with van der Waals surface area (Å²) in [6.45, 7) is 7.06. The summed E-state index contributed by atoms with van der Waals surface area (Å²) < 4.78 is 0. The van der Waals surface area contributed by atoms with E-state index in [1.165, 1.54) is 0 Å². The van der Waals surface area contributed by atoms with Crippen LogP contribution in [0.5, 0.6) is 0 Å².